The monoisotopic (exact) mass is 245 g/mol. The number of nitrogens with zero attached hydrogens (tertiary/aromatic N) is 2. The lowest BCUT2D eigenvalue weighted by Crippen LogP contribution is -2.14. The van der Waals surface area contributed by atoms with E-state index in [0.717, 1.165) is 19.4 Å². The van der Waals surface area contributed by atoms with Crippen LogP contribution in [0.1, 0.15) is 42.8 Å². The zero-order chi connectivity index (χ0) is 11.8. The van der Waals surface area contributed by atoms with Gasteiger partial charge in [-0.15, -0.1) is 0 Å². The lowest BCUT2D eigenvalue weighted by molar-refractivity contribution is 0.341. The fourth-order valence-electron chi connectivity index (χ4n) is 1.64. The normalized spacial score (nSPS) is 23.5. The molecule has 1 aliphatic rings. The van der Waals surface area contributed by atoms with E-state index in [0.29, 0.717) is 5.89 Å². The van der Waals surface area contributed by atoms with Gasteiger partial charge in [0.1, 0.15) is 5.25 Å². The zero-order valence-electron chi connectivity index (χ0n) is 9.30. The number of sulfone groups is 1. The first-order valence-corrected chi connectivity index (χ1v) is 7.19. The summed E-state index contributed by atoms with van der Waals surface area (Å²) in [5.74, 6) is 0.731. The maximum absolute atomic E-state index is 11.3. The van der Waals surface area contributed by atoms with Crippen LogP contribution in [0.15, 0.2) is 4.52 Å². The number of aromatic nitrogens is 2. The van der Waals surface area contributed by atoms with Crippen molar-refractivity contribution in [1.29, 1.82) is 0 Å². The largest absolute Gasteiger partial charge is 0.338 e. The van der Waals surface area contributed by atoms with Gasteiger partial charge in [-0.1, -0.05) is 5.16 Å². The third-order valence-corrected chi connectivity index (χ3v) is 4.32. The Balaban J connectivity index is 2.19. The number of rotatable bonds is 3. The summed E-state index contributed by atoms with van der Waals surface area (Å²) in [7, 11) is -3.17. The van der Waals surface area contributed by atoms with Crippen molar-refractivity contribution in [3.8, 4) is 0 Å². The lowest BCUT2D eigenvalue weighted by atomic mass is 10.2. The fourth-order valence-corrected chi connectivity index (χ4v) is 2.12. The highest BCUT2D eigenvalue weighted by Gasteiger charge is 2.27. The van der Waals surface area contributed by atoms with Crippen LogP contribution in [0, 0.1) is 0 Å². The number of hydrogen-bond donors (Lipinski definition) is 1. The van der Waals surface area contributed by atoms with Crippen molar-refractivity contribution in [2.24, 2.45) is 0 Å². The van der Waals surface area contributed by atoms with Gasteiger partial charge >= 0.3 is 0 Å². The zero-order valence-corrected chi connectivity index (χ0v) is 10.1. The molecular formula is C9H15N3O3S. The molecule has 2 atom stereocenters. The fraction of sp³-hybridized carbons (Fsp3) is 0.778. The Morgan fingerprint density at radius 3 is 2.88 bits per heavy atom. The second kappa shape index (κ2) is 4.14. The van der Waals surface area contributed by atoms with E-state index in [-0.39, 0.29) is 11.9 Å². The first-order chi connectivity index (χ1) is 7.48. The van der Waals surface area contributed by atoms with Gasteiger partial charge in [0.15, 0.2) is 15.7 Å². The van der Waals surface area contributed by atoms with Gasteiger partial charge in [0.25, 0.3) is 0 Å². The van der Waals surface area contributed by atoms with E-state index < -0.39 is 15.1 Å². The van der Waals surface area contributed by atoms with E-state index in [4.69, 9.17) is 4.52 Å². The Labute approximate surface area is 94.3 Å². The Morgan fingerprint density at radius 2 is 2.31 bits per heavy atom. The average Bonchev–Trinajstić information content (AvgIpc) is 2.85. The molecule has 1 fully saturated rings. The molecule has 16 heavy (non-hydrogen) atoms. The molecule has 2 heterocycles. The van der Waals surface area contributed by atoms with Crippen molar-refractivity contribution in [2.75, 3.05) is 12.8 Å². The lowest BCUT2D eigenvalue weighted by Gasteiger charge is -2.03. The SMILES string of the molecule is CC(c1noc([C@@H]2CCCN2)n1)S(C)(=O)=O. The second-order valence-electron chi connectivity index (χ2n) is 4.11. The molecule has 1 aliphatic heterocycles. The summed E-state index contributed by atoms with van der Waals surface area (Å²) in [6.07, 6.45) is 3.19. The molecule has 0 bridgehead atoms. The maximum Gasteiger partial charge on any atom is 0.243 e. The quantitative estimate of drug-likeness (QED) is 0.839. The van der Waals surface area contributed by atoms with Crippen LogP contribution < -0.4 is 5.32 Å². The minimum Gasteiger partial charge on any atom is -0.338 e. The molecule has 1 unspecified atom stereocenters. The average molecular weight is 245 g/mol. The molecule has 1 aromatic heterocycles. The van der Waals surface area contributed by atoms with Crippen LogP contribution in [0.4, 0.5) is 0 Å². The van der Waals surface area contributed by atoms with Crippen LogP contribution in [0.25, 0.3) is 0 Å². The topological polar surface area (TPSA) is 85.1 Å². The predicted octanol–water partition coefficient (Wildman–Crippen LogP) is 0.600. The van der Waals surface area contributed by atoms with E-state index in [9.17, 15) is 8.42 Å². The van der Waals surface area contributed by atoms with Crippen molar-refractivity contribution in [3.05, 3.63) is 11.7 Å². The molecule has 6 nitrogen and oxygen atoms in total. The van der Waals surface area contributed by atoms with Crippen molar-refractivity contribution in [2.45, 2.75) is 31.1 Å². The van der Waals surface area contributed by atoms with Crippen LogP contribution in [0.5, 0.6) is 0 Å². The third kappa shape index (κ3) is 2.25. The van der Waals surface area contributed by atoms with Gasteiger partial charge in [-0.05, 0) is 26.3 Å². The molecule has 0 aliphatic carbocycles. The molecular weight excluding hydrogens is 230 g/mol. The summed E-state index contributed by atoms with van der Waals surface area (Å²) in [5.41, 5.74) is 0. The summed E-state index contributed by atoms with van der Waals surface area (Å²) in [5, 5.41) is 6.22. The molecule has 1 saturated heterocycles. The standard InChI is InChI=1S/C9H15N3O3S/c1-6(16(2,13)14)8-11-9(15-12-8)7-4-3-5-10-7/h6-7,10H,3-5H2,1-2H3/t6?,7-/m0/s1. The molecule has 90 valence electrons. The second-order valence-corrected chi connectivity index (χ2v) is 6.48. The van der Waals surface area contributed by atoms with Crippen LogP contribution in [-0.2, 0) is 9.84 Å². The number of nitrogens with one attached hydrogen (secondary N) is 1. The molecule has 0 radical (unpaired) electrons. The van der Waals surface area contributed by atoms with Crippen LogP contribution in [0.2, 0.25) is 0 Å². The van der Waals surface area contributed by atoms with Crippen LogP contribution >= 0.6 is 0 Å². The molecule has 2 rings (SSSR count). The molecule has 7 heteroatoms. The molecule has 1 aromatic rings. The van der Waals surface area contributed by atoms with Gasteiger partial charge in [-0.25, -0.2) is 8.42 Å². The first-order valence-electron chi connectivity index (χ1n) is 5.24. The van der Waals surface area contributed by atoms with Crippen molar-refractivity contribution >= 4 is 9.84 Å². The first kappa shape index (κ1) is 11.5. The Bertz CT molecular complexity index is 462. The molecule has 1 N–H and O–H groups in total. The highest BCUT2D eigenvalue weighted by atomic mass is 32.2. The summed E-state index contributed by atoms with van der Waals surface area (Å²) >= 11 is 0. The maximum atomic E-state index is 11.3. The Hall–Kier alpha value is -0.950. The van der Waals surface area contributed by atoms with Crippen molar-refractivity contribution in [1.82, 2.24) is 15.5 Å². The van der Waals surface area contributed by atoms with E-state index in [1.54, 1.807) is 6.92 Å². The highest BCUT2D eigenvalue weighted by Crippen LogP contribution is 2.24. The van der Waals surface area contributed by atoms with Crippen LogP contribution in [-0.4, -0.2) is 31.4 Å². The van der Waals surface area contributed by atoms with Gasteiger partial charge in [-0.3, -0.25) is 0 Å². The molecule has 0 spiro atoms. The van der Waals surface area contributed by atoms with Gasteiger partial charge in [0, 0.05) is 6.26 Å². The van der Waals surface area contributed by atoms with E-state index in [2.05, 4.69) is 15.5 Å². The molecule has 0 aromatic carbocycles. The summed E-state index contributed by atoms with van der Waals surface area (Å²) < 4.78 is 27.7. The minimum atomic E-state index is -3.17. The van der Waals surface area contributed by atoms with Crippen LogP contribution in [0.3, 0.4) is 0 Å². The van der Waals surface area contributed by atoms with Gasteiger partial charge in [-0.2, -0.15) is 4.98 Å². The highest BCUT2D eigenvalue weighted by molar-refractivity contribution is 7.90. The van der Waals surface area contributed by atoms with Crippen molar-refractivity contribution in [3.63, 3.8) is 0 Å². The van der Waals surface area contributed by atoms with Gasteiger partial charge < -0.3 is 9.84 Å². The number of hydrogen-bond acceptors (Lipinski definition) is 6. The predicted molar refractivity (Wildman–Crippen MR) is 57.5 cm³/mol. The van der Waals surface area contributed by atoms with E-state index >= 15 is 0 Å². The van der Waals surface area contributed by atoms with E-state index in [1.165, 1.54) is 6.26 Å². The summed E-state index contributed by atoms with van der Waals surface area (Å²) in [4.78, 5) is 4.14. The van der Waals surface area contributed by atoms with E-state index in [1.807, 2.05) is 0 Å². The molecule has 0 amide bonds. The smallest absolute Gasteiger partial charge is 0.243 e. The molecule has 0 saturated carbocycles. The van der Waals surface area contributed by atoms with Gasteiger partial charge in [0.05, 0.1) is 6.04 Å². The van der Waals surface area contributed by atoms with Gasteiger partial charge in [0.2, 0.25) is 5.89 Å². The minimum absolute atomic E-state index is 0.0769. The Morgan fingerprint density at radius 1 is 1.56 bits per heavy atom. The Kier molecular flexibility index (Phi) is 2.98. The summed E-state index contributed by atoms with van der Waals surface area (Å²) in [6, 6.07) is 0.0769. The van der Waals surface area contributed by atoms with Crippen molar-refractivity contribution < 1.29 is 12.9 Å². The summed E-state index contributed by atoms with van der Waals surface area (Å²) in [6.45, 7) is 2.50. The third-order valence-electron chi connectivity index (χ3n) is 2.82.